The van der Waals surface area contributed by atoms with E-state index in [-0.39, 0.29) is 17.2 Å². The third-order valence-corrected chi connectivity index (χ3v) is 8.19. The molecule has 5 rings (SSSR count). The molecule has 4 saturated carbocycles. The van der Waals surface area contributed by atoms with Gasteiger partial charge in [0.05, 0.1) is 18.8 Å². The second-order valence-electron chi connectivity index (χ2n) is 10.9. The molecule has 2 unspecified atom stereocenters. The number of carbonyl (C=O) groups is 1. The Balaban J connectivity index is 1.21. The molecule has 4 heteroatoms. The molecule has 1 saturated heterocycles. The highest BCUT2D eigenvalue weighted by Gasteiger charge is 2.60. The maximum absolute atomic E-state index is 12.2. The molecule has 2 atom stereocenters. The summed E-state index contributed by atoms with van der Waals surface area (Å²) < 4.78 is 18.0. The Morgan fingerprint density at radius 2 is 1.69 bits per heavy atom. The third kappa shape index (κ3) is 4.58. The van der Waals surface area contributed by atoms with Crippen LogP contribution in [0.2, 0.25) is 0 Å². The predicted molar refractivity (Wildman–Crippen MR) is 114 cm³/mol. The van der Waals surface area contributed by atoms with Gasteiger partial charge in [-0.05, 0) is 70.1 Å². The van der Waals surface area contributed by atoms with Crippen molar-refractivity contribution in [3.63, 3.8) is 0 Å². The fourth-order valence-corrected chi connectivity index (χ4v) is 6.83. The molecule has 0 spiro atoms. The molecule has 5 aliphatic rings. The lowest BCUT2D eigenvalue weighted by atomic mass is 9.52. The Kier molecular flexibility index (Phi) is 6.14. The number of ether oxygens (including phenoxy) is 3. The summed E-state index contributed by atoms with van der Waals surface area (Å²) in [6, 6.07) is 0. The Labute approximate surface area is 176 Å². The van der Waals surface area contributed by atoms with E-state index < -0.39 is 0 Å². The van der Waals surface area contributed by atoms with Gasteiger partial charge >= 0.3 is 5.97 Å². The molecule has 0 aromatic carbocycles. The van der Waals surface area contributed by atoms with Crippen LogP contribution in [0.25, 0.3) is 0 Å². The van der Waals surface area contributed by atoms with E-state index in [9.17, 15) is 4.79 Å². The van der Waals surface area contributed by atoms with Gasteiger partial charge in [-0.15, -0.1) is 0 Å². The van der Waals surface area contributed by atoms with Crippen molar-refractivity contribution in [3.05, 3.63) is 12.2 Å². The van der Waals surface area contributed by atoms with E-state index in [1.54, 1.807) is 6.92 Å². The van der Waals surface area contributed by atoms with Crippen LogP contribution >= 0.6 is 0 Å². The average molecular weight is 405 g/mol. The van der Waals surface area contributed by atoms with Gasteiger partial charge in [0.15, 0.2) is 0 Å². The molecular weight excluding hydrogens is 364 g/mol. The maximum atomic E-state index is 12.2. The maximum Gasteiger partial charge on any atom is 0.333 e. The molecule has 4 nitrogen and oxygen atoms in total. The minimum absolute atomic E-state index is 0.0467. The van der Waals surface area contributed by atoms with Gasteiger partial charge in [0.2, 0.25) is 0 Å². The Morgan fingerprint density at radius 3 is 2.28 bits per heavy atom. The van der Waals surface area contributed by atoms with Gasteiger partial charge in [-0.25, -0.2) is 4.79 Å². The highest BCUT2D eigenvalue weighted by atomic mass is 16.6. The van der Waals surface area contributed by atoms with Crippen LogP contribution in [0.3, 0.4) is 0 Å². The first-order chi connectivity index (χ1) is 13.9. The van der Waals surface area contributed by atoms with Crippen molar-refractivity contribution >= 4 is 5.97 Å². The summed E-state index contributed by atoms with van der Waals surface area (Å²) in [5.74, 6) is 1.09. The molecule has 0 aromatic rings. The normalized spacial score (nSPS) is 36.6. The van der Waals surface area contributed by atoms with Gasteiger partial charge < -0.3 is 14.2 Å². The third-order valence-electron chi connectivity index (χ3n) is 8.19. The van der Waals surface area contributed by atoms with Crippen LogP contribution in [0.4, 0.5) is 0 Å². The zero-order chi connectivity index (χ0) is 20.5. The molecule has 0 N–H and O–H groups in total. The molecule has 4 aliphatic carbocycles. The summed E-state index contributed by atoms with van der Waals surface area (Å²) in [5.41, 5.74) is 0.661. The van der Waals surface area contributed by atoms with Crippen molar-refractivity contribution in [3.8, 4) is 0 Å². The van der Waals surface area contributed by atoms with Gasteiger partial charge in [0, 0.05) is 24.0 Å². The van der Waals surface area contributed by atoms with E-state index in [4.69, 9.17) is 14.2 Å². The smallest absolute Gasteiger partial charge is 0.333 e. The summed E-state index contributed by atoms with van der Waals surface area (Å²) in [6.07, 6.45) is 14.1. The van der Waals surface area contributed by atoms with Gasteiger partial charge in [0.25, 0.3) is 0 Å². The van der Waals surface area contributed by atoms with Crippen molar-refractivity contribution in [1.29, 1.82) is 0 Å². The van der Waals surface area contributed by atoms with Crippen LogP contribution in [-0.4, -0.2) is 37.0 Å². The molecular formula is C25H40O4. The van der Waals surface area contributed by atoms with Crippen molar-refractivity contribution in [2.24, 2.45) is 17.3 Å². The van der Waals surface area contributed by atoms with Crippen LogP contribution in [0, 0.1) is 17.3 Å². The van der Waals surface area contributed by atoms with E-state index in [1.165, 1.54) is 38.5 Å². The fraction of sp³-hybridized carbons (Fsp3) is 0.880. The Morgan fingerprint density at radius 1 is 1.03 bits per heavy atom. The second kappa shape index (κ2) is 8.34. The lowest BCUT2D eigenvalue weighted by Gasteiger charge is -2.60. The summed E-state index contributed by atoms with van der Waals surface area (Å²) in [4.78, 5) is 12.2. The Bertz CT molecular complexity index is 601. The first kappa shape index (κ1) is 21.4. The summed E-state index contributed by atoms with van der Waals surface area (Å²) in [5, 5.41) is 0. The molecule has 4 bridgehead atoms. The van der Waals surface area contributed by atoms with Crippen molar-refractivity contribution in [2.75, 3.05) is 19.8 Å². The minimum Gasteiger partial charge on any atom is -0.456 e. The van der Waals surface area contributed by atoms with Gasteiger partial charge in [-0.2, -0.15) is 0 Å². The first-order valence-corrected chi connectivity index (χ1v) is 12.0. The number of esters is 1. The molecule has 0 amide bonds. The van der Waals surface area contributed by atoms with Crippen LogP contribution in [0.1, 0.15) is 90.9 Å². The zero-order valence-corrected chi connectivity index (χ0v) is 18.6. The van der Waals surface area contributed by atoms with Gasteiger partial charge in [-0.3, -0.25) is 0 Å². The fourth-order valence-electron chi connectivity index (χ4n) is 6.83. The van der Waals surface area contributed by atoms with Crippen LogP contribution in [0.5, 0.6) is 0 Å². The first-order valence-electron chi connectivity index (χ1n) is 12.0. The SMILES string of the molecule is C=C(C)C(=O)OC12CC3CC(CC(OCCCCCCC4(CC)COC4)(C3)C1)C2. The van der Waals surface area contributed by atoms with Gasteiger partial charge in [-0.1, -0.05) is 32.8 Å². The van der Waals surface area contributed by atoms with Crippen molar-refractivity contribution in [1.82, 2.24) is 0 Å². The molecule has 0 radical (unpaired) electrons. The quantitative estimate of drug-likeness (QED) is 0.256. The van der Waals surface area contributed by atoms with Crippen molar-refractivity contribution < 1.29 is 19.0 Å². The van der Waals surface area contributed by atoms with E-state index in [2.05, 4.69) is 13.5 Å². The number of unbranched alkanes of at least 4 members (excludes halogenated alkanes) is 3. The van der Waals surface area contributed by atoms with Gasteiger partial charge in [0.1, 0.15) is 5.60 Å². The van der Waals surface area contributed by atoms with Crippen LogP contribution in [-0.2, 0) is 19.0 Å². The van der Waals surface area contributed by atoms with E-state index in [1.807, 2.05) is 0 Å². The molecule has 29 heavy (non-hydrogen) atoms. The molecule has 1 heterocycles. The molecule has 0 aromatic heterocycles. The number of carbonyl (C=O) groups excluding carboxylic acids is 1. The zero-order valence-electron chi connectivity index (χ0n) is 18.6. The lowest BCUT2D eigenvalue weighted by Crippen LogP contribution is -2.61. The number of rotatable bonds is 11. The Hall–Kier alpha value is -0.870. The largest absolute Gasteiger partial charge is 0.456 e. The van der Waals surface area contributed by atoms with E-state index >= 15 is 0 Å². The highest BCUT2D eigenvalue weighted by Crippen LogP contribution is 2.60. The van der Waals surface area contributed by atoms with E-state index in [0.29, 0.717) is 22.8 Å². The van der Waals surface area contributed by atoms with E-state index in [0.717, 1.165) is 58.3 Å². The predicted octanol–water partition coefficient (Wildman–Crippen LogP) is 5.59. The van der Waals surface area contributed by atoms with Crippen molar-refractivity contribution in [2.45, 2.75) is 102 Å². The molecule has 1 aliphatic heterocycles. The summed E-state index contributed by atoms with van der Waals surface area (Å²) in [7, 11) is 0. The molecule has 164 valence electrons. The monoisotopic (exact) mass is 404 g/mol. The van der Waals surface area contributed by atoms with Crippen LogP contribution in [0.15, 0.2) is 12.2 Å². The molecule has 5 fully saturated rings. The van der Waals surface area contributed by atoms with Crippen LogP contribution < -0.4 is 0 Å². The summed E-state index contributed by atoms with van der Waals surface area (Å²) in [6.45, 7) is 10.6. The standard InChI is InChI=1S/C25H40O4/c1-4-23(17-27-18-23)9-7-5-6-8-10-28-24-12-20-11-21(13-24)15-25(14-20,16-24)29-22(26)19(2)3/h20-21H,2,4-18H2,1,3H3. The number of hydrogen-bond acceptors (Lipinski definition) is 4. The highest BCUT2D eigenvalue weighted by molar-refractivity contribution is 5.87. The average Bonchev–Trinajstić information content (AvgIpc) is 2.61. The summed E-state index contributed by atoms with van der Waals surface area (Å²) >= 11 is 0. The second-order valence-corrected chi connectivity index (χ2v) is 10.9. The topological polar surface area (TPSA) is 44.8 Å². The lowest BCUT2D eigenvalue weighted by molar-refractivity contribution is -0.232. The minimum atomic E-state index is -0.292. The number of hydrogen-bond donors (Lipinski definition) is 0.